The Labute approximate surface area is 56.4 Å². The van der Waals surface area contributed by atoms with Crippen molar-refractivity contribution in [1.82, 2.24) is 0 Å². The number of fused-ring (bicyclic) bond motifs is 2. The van der Waals surface area contributed by atoms with Crippen LogP contribution in [0.4, 0.5) is 0 Å². The van der Waals surface area contributed by atoms with E-state index in [-0.39, 0.29) is 0 Å². The van der Waals surface area contributed by atoms with Crippen molar-refractivity contribution in [3.63, 3.8) is 0 Å². The lowest BCUT2D eigenvalue weighted by Crippen LogP contribution is -2.14. The first-order valence-corrected chi connectivity index (χ1v) is 4.05. The van der Waals surface area contributed by atoms with Gasteiger partial charge in [-0.2, -0.15) is 0 Å². The quantitative estimate of drug-likeness (QED) is 0.522. The second-order valence-corrected chi connectivity index (χ2v) is 3.28. The van der Waals surface area contributed by atoms with Gasteiger partial charge in [0.2, 0.25) is 0 Å². The number of hydrogen-bond acceptors (Lipinski definition) is 1. The molecule has 0 amide bonds. The highest BCUT2D eigenvalue weighted by atomic mass is 16.5. The molecule has 2 saturated heterocycles. The Balaban J connectivity index is 2.01. The maximum absolute atomic E-state index is 5.68. The fourth-order valence-electron chi connectivity index (χ4n) is 2.17. The van der Waals surface area contributed by atoms with E-state index in [0.717, 1.165) is 5.92 Å². The molecule has 1 heteroatoms. The molecule has 2 heterocycles. The maximum atomic E-state index is 5.68. The van der Waals surface area contributed by atoms with E-state index < -0.39 is 0 Å². The van der Waals surface area contributed by atoms with Gasteiger partial charge in [-0.15, -0.1) is 0 Å². The summed E-state index contributed by atoms with van der Waals surface area (Å²) in [5.74, 6) is 0.906. The van der Waals surface area contributed by atoms with Crippen LogP contribution in [0.3, 0.4) is 0 Å². The van der Waals surface area contributed by atoms with Gasteiger partial charge in [-0.25, -0.2) is 0 Å². The zero-order valence-electron chi connectivity index (χ0n) is 5.97. The minimum Gasteiger partial charge on any atom is -0.375 e. The first-order valence-electron chi connectivity index (χ1n) is 4.05. The standard InChI is InChI=1S/C8H14O/c1-2-6-5-7-3-4-8(6)9-7/h6-8H,2-5H2,1H3. The lowest BCUT2D eigenvalue weighted by Gasteiger charge is -2.15. The van der Waals surface area contributed by atoms with Crippen molar-refractivity contribution >= 4 is 0 Å². The molecule has 0 radical (unpaired) electrons. The summed E-state index contributed by atoms with van der Waals surface area (Å²) >= 11 is 0. The van der Waals surface area contributed by atoms with Crippen molar-refractivity contribution in [2.24, 2.45) is 5.92 Å². The van der Waals surface area contributed by atoms with Gasteiger partial charge >= 0.3 is 0 Å². The zero-order chi connectivity index (χ0) is 6.27. The molecule has 0 aromatic carbocycles. The predicted octanol–water partition coefficient (Wildman–Crippen LogP) is 1.96. The first kappa shape index (κ1) is 5.72. The van der Waals surface area contributed by atoms with E-state index in [1.165, 1.54) is 25.7 Å². The maximum Gasteiger partial charge on any atom is 0.0608 e. The van der Waals surface area contributed by atoms with Gasteiger partial charge in [-0.1, -0.05) is 13.3 Å². The van der Waals surface area contributed by atoms with Gasteiger partial charge < -0.3 is 4.74 Å². The minimum atomic E-state index is 0.653. The molecule has 0 N–H and O–H groups in total. The largest absolute Gasteiger partial charge is 0.375 e. The lowest BCUT2D eigenvalue weighted by atomic mass is 9.88. The van der Waals surface area contributed by atoms with E-state index in [1.54, 1.807) is 0 Å². The second-order valence-electron chi connectivity index (χ2n) is 3.28. The Bertz CT molecular complexity index is 111. The smallest absolute Gasteiger partial charge is 0.0608 e. The van der Waals surface area contributed by atoms with Crippen LogP contribution in [0, 0.1) is 5.92 Å². The highest BCUT2D eigenvalue weighted by molar-refractivity contribution is 4.88. The first-order chi connectivity index (χ1) is 4.40. The molecule has 9 heavy (non-hydrogen) atoms. The molecule has 2 aliphatic heterocycles. The SMILES string of the molecule is CCC1CC2CCC1O2. The summed E-state index contributed by atoms with van der Waals surface area (Å²) < 4.78 is 5.68. The van der Waals surface area contributed by atoms with Crippen LogP contribution in [0.15, 0.2) is 0 Å². The van der Waals surface area contributed by atoms with Crippen LogP contribution < -0.4 is 0 Å². The highest BCUT2D eigenvalue weighted by Gasteiger charge is 2.39. The van der Waals surface area contributed by atoms with Crippen molar-refractivity contribution in [1.29, 1.82) is 0 Å². The van der Waals surface area contributed by atoms with Gasteiger partial charge in [0.05, 0.1) is 12.2 Å². The minimum absolute atomic E-state index is 0.653. The molecule has 0 spiro atoms. The number of rotatable bonds is 1. The van der Waals surface area contributed by atoms with Gasteiger partial charge in [0.1, 0.15) is 0 Å². The molecule has 2 fully saturated rings. The van der Waals surface area contributed by atoms with Crippen molar-refractivity contribution in [2.75, 3.05) is 0 Å². The third kappa shape index (κ3) is 0.787. The van der Waals surface area contributed by atoms with Crippen LogP contribution in [0.5, 0.6) is 0 Å². The molecule has 0 aromatic heterocycles. The topological polar surface area (TPSA) is 9.23 Å². The summed E-state index contributed by atoms with van der Waals surface area (Å²) in [6, 6.07) is 0. The summed E-state index contributed by atoms with van der Waals surface area (Å²) in [5.41, 5.74) is 0. The average Bonchev–Trinajstić information content (AvgIpc) is 2.45. The van der Waals surface area contributed by atoms with E-state index in [4.69, 9.17) is 4.74 Å². The van der Waals surface area contributed by atoms with Crippen LogP contribution in [0.1, 0.15) is 32.6 Å². The Morgan fingerprint density at radius 2 is 2.33 bits per heavy atom. The van der Waals surface area contributed by atoms with Gasteiger partial charge in [0.25, 0.3) is 0 Å². The summed E-state index contributed by atoms with van der Waals surface area (Å²) in [4.78, 5) is 0. The molecule has 52 valence electrons. The fourth-order valence-corrected chi connectivity index (χ4v) is 2.17. The monoisotopic (exact) mass is 126 g/mol. The lowest BCUT2D eigenvalue weighted by molar-refractivity contribution is 0.0920. The van der Waals surface area contributed by atoms with Crippen LogP contribution in [0.25, 0.3) is 0 Å². The summed E-state index contributed by atoms with van der Waals surface area (Å²) in [6.07, 6.45) is 6.65. The van der Waals surface area contributed by atoms with Crippen molar-refractivity contribution in [3.8, 4) is 0 Å². The zero-order valence-corrected chi connectivity index (χ0v) is 5.97. The average molecular weight is 126 g/mol. The van der Waals surface area contributed by atoms with Crippen molar-refractivity contribution < 1.29 is 4.74 Å². The van der Waals surface area contributed by atoms with Gasteiger partial charge in [-0.3, -0.25) is 0 Å². The van der Waals surface area contributed by atoms with E-state index in [9.17, 15) is 0 Å². The number of ether oxygens (including phenoxy) is 1. The van der Waals surface area contributed by atoms with Crippen molar-refractivity contribution in [2.45, 2.75) is 44.8 Å². The molecule has 0 saturated carbocycles. The number of hydrogen-bond donors (Lipinski definition) is 0. The van der Waals surface area contributed by atoms with E-state index in [1.807, 2.05) is 0 Å². The van der Waals surface area contributed by atoms with Crippen LogP contribution in [-0.4, -0.2) is 12.2 Å². The molecule has 2 rings (SSSR count). The third-order valence-electron chi connectivity index (χ3n) is 2.76. The predicted molar refractivity (Wildman–Crippen MR) is 36.3 cm³/mol. The molecular weight excluding hydrogens is 112 g/mol. The summed E-state index contributed by atoms with van der Waals surface area (Å²) in [5, 5.41) is 0. The molecule has 1 nitrogen and oxygen atoms in total. The molecule has 3 unspecified atom stereocenters. The summed E-state index contributed by atoms with van der Waals surface area (Å²) in [6.45, 7) is 2.27. The summed E-state index contributed by atoms with van der Waals surface area (Å²) in [7, 11) is 0. The normalized spacial score (nSPS) is 48.3. The molecule has 0 aromatic rings. The van der Waals surface area contributed by atoms with Gasteiger partial charge in [0.15, 0.2) is 0 Å². The van der Waals surface area contributed by atoms with Gasteiger partial charge in [-0.05, 0) is 25.2 Å². The Kier molecular flexibility index (Phi) is 1.26. The molecule has 0 aliphatic carbocycles. The highest BCUT2D eigenvalue weighted by Crippen LogP contribution is 2.39. The Morgan fingerprint density at radius 3 is 2.67 bits per heavy atom. The van der Waals surface area contributed by atoms with Crippen LogP contribution in [0.2, 0.25) is 0 Å². The van der Waals surface area contributed by atoms with Crippen molar-refractivity contribution in [3.05, 3.63) is 0 Å². The van der Waals surface area contributed by atoms with E-state index >= 15 is 0 Å². The molecule has 3 atom stereocenters. The third-order valence-corrected chi connectivity index (χ3v) is 2.76. The second kappa shape index (κ2) is 1.98. The van der Waals surface area contributed by atoms with Crippen LogP contribution in [-0.2, 0) is 4.74 Å². The fraction of sp³-hybridized carbons (Fsp3) is 1.00. The molecule has 2 aliphatic rings. The van der Waals surface area contributed by atoms with E-state index in [2.05, 4.69) is 6.92 Å². The van der Waals surface area contributed by atoms with Crippen LogP contribution >= 0.6 is 0 Å². The molecule has 2 bridgehead atoms. The molecular formula is C8H14O. The Hall–Kier alpha value is -0.0400. The van der Waals surface area contributed by atoms with Gasteiger partial charge in [0, 0.05) is 0 Å². The Morgan fingerprint density at radius 1 is 1.44 bits per heavy atom. The van der Waals surface area contributed by atoms with E-state index in [0.29, 0.717) is 12.2 Å².